The predicted molar refractivity (Wildman–Crippen MR) is 240 cm³/mol. The molecule has 16 nitrogen and oxygen atoms in total. The maximum atomic E-state index is 13.8. The van der Waals surface area contributed by atoms with E-state index in [1.165, 1.54) is 30.3 Å². The number of amides is 3. The minimum atomic E-state index is -0.756. The number of nitro benzene ring substituents is 1. The topological polar surface area (TPSA) is 224 Å². The van der Waals surface area contributed by atoms with Crippen LogP contribution in [0.3, 0.4) is 0 Å². The molecule has 1 aliphatic rings. The number of aliphatic hydroxyl groups excluding tert-OH is 2. The molecule has 0 saturated heterocycles. The molecular weight excluding hydrogens is 809 g/mol. The van der Waals surface area contributed by atoms with Crippen molar-refractivity contribution in [2.75, 3.05) is 42.4 Å². The van der Waals surface area contributed by atoms with Crippen LogP contribution in [0.15, 0.2) is 91.1 Å². The van der Waals surface area contributed by atoms with Gasteiger partial charge in [0, 0.05) is 46.2 Å². The van der Waals surface area contributed by atoms with E-state index in [1.807, 2.05) is 58.0 Å². The highest BCUT2D eigenvalue weighted by Gasteiger charge is 2.28. The number of benzene rings is 4. The van der Waals surface area contributed by atoms with E-state index in [2.05, 4.69) is 26.3 Å². The molecule has 63 heavy (non-hydrogen) atoms. The Bertz CT molecular complexity index is 2420. The van der Waals surface area contributed by atoms with Gasteiger partial charge in [-0.2, -0.15) is 0 Å². The number of aliphatic hydroxyl groups is 2. The van der Waals surface area contributed by atoms with Crippen molar-refractivity contribution >= 4 is 51.4 Å². The van der Waals surface area contributed by atoms with Crippen LogP contribution in [-0.4, -0.2) is 76.5 Å². The molecule has 5 aromatic rings. The molecule has 16 heteroatoms. The number of hydrogen-bond donors (Lipinski definition) is 6. The first kappa shape index (κ1) is 45.7. The van der Waals surface area contributed by atoms with Gasteiger partial charge in [0.1, 0.15) is 24.3 Å². The molecule has 332 valence electrons. The second-order valence-electron chi connectivity index (χ2n) is 16.3. The van der Waals surface area contributed by atoms with Crippen molar-refractivity contribution in [3.05, 3.63) is 118 Å². The zero-order chi connectivity index (χ0) is 45.0. The van der Waals surface area contributed by atoms with Crippen molar-refractivity contribution < 1.29 is 43.7 Å². The number of rotatable bonds is 19. The minimum Gasteiger partial charge on any atom is -0.491 e. The Balaban J connectivity index is 1.11. The van der Waals surface area contributed by atoms with Crippen molar-refractivity contribution in [1.82, 2.24) is 10.3 Å². The normalized spacial score (nSPS) is 15.4. The monoisotopic (exact) mass is 862 g/mol. The van der Waals surface area contributed by atoms with E-state index in [0.29, 0.717) is 49.3 Å². The third-order valence-electron chi connectivity index (χ3n) is 10.4. The van der Waals surface area contributed by atoms with Crippen molar-refractivity contribution in [3.8, 4) is 17.2 Å². The van der Waals surface area contributed by atoms with Gasteiger partial charge in [-0.05, 0) is 92.1 Å². The standard InChI is InChI=1S/C47H54N6O10/c1-28(2)26-62-41-22-32(45(56)49-35-14-9-30(10-15-35)44(55)50-36-21-31-7-5-6-8-37(31)48-25-36)11-16-38(41)51-46(57)33-12-17-39(42(23-33)63-27-29(3)4)52-47(58)34-13-18-40(53(59)60)43(24-34)61-20-19-54/h5-8,11-13,16-18,21-25,28-30,35,44,50,54-55H,9-10,14-15,19-20,26-27H2,1-4H3,(H,49,56)(H,51,57)(H,52,58). The van der Waals surface area contributed by atoms with Crippen LogP contribution in [0.5, 0.6) is 17.2 Å². The Labute approximate surface area is 365 Å². The highest BCUT2D eigenvalue weighted by atomic mass is 16.6. The Morgan fingerprint density at radius 2 is 1.30 bits per heavy atom. The zero-order valence-corrected chi connectivity index (χ0v) is 35.8. The second-order valence-corrected chi connectivity index (χ2v) is 16.3. The summed E-state index contributed by atoms with van der Waals surface area (Å²) in [7, 11) is 0. The fraction of sp³-hybridized carbons (Fsp3) is 0.362. The van der Waals surface area contributed by atoms with Crippen LogP contribution in [0, 0.1) is 27.9 Å². The number of carbonyl (C=O) groups is 3. The highest BCUT2D eigenvalue weighted by Crippen LogP contribution is 2.33. The number of aromatic nitrogens is 1. The molecule has 6 N–H and O–H groups in total. The van der Waals surface area contributed by atoms with E-state index in [4.69, 9.17) is 19.3 Å². The van der Waals surface area contributed by atoms with Gasteiger partial charge in [-0.3, -0.25) is 29.5 Å². The lowest BCUT2D eigenvalue weighted by Gasteiger charge is -2.32. The average molecular weight is 863 g/mol. The Morgan fingerprint density at radius 3 is 1.87 bits per heavy atom. The van der Waals surface area contributed by atoms with Gasteiger partial charge < -0.3 is 45.7 Å². The first-order valence-electron chi connectivity index (χ1n) is 21.1. The number of nitrogens with one attached hydrogen (secondary N) is 4. The van der Waals surface area contributed by atoms with E-state index in [9.17, 15) is 29.6 Å². The van der Waals surface area contributed by atoms with Gasteiger partial charge in [0.05, 0.1) is 53.5 Å². The molecule has 1 aromatic heterocycles. The fourth-order valence-corrected chi connectivity index (χ4v) is 7.04. The molecule has 1 atom stereocenters. The summed E-state index contributed by atoms with van der Waals surface area (Å²) in [6, 6.07) is 22.7. The van der Waals surface area contributed by atoms with E-state index in [0.717, 1.165) is 22.7 Å². The molecule has 0 bridgehead atoms. The van der Waals surface area contributed by atoms with Crippen LogP contribution < -0.4 is 35.5 Å². The lowest BCUT2D eigenvalue weighted by molar-refractivity contribution is -0.385. The lowest BCUT2D eigenvalue weighted by Crippen LogP contribution is -2.40. The number of ether oxygens (including phenoxy) is 3. The van der Waals surface area contributed by atoms with Crippen LogP contribution >= 0.6 is 0 Å². The number of pyridine rings is 1. The smallest absolute Gasteiger partial charge is 0.310 e. The summed E-state index contributed by atoms with van der Waals surface area (Å²) in [6.45, 7) is 7.89. The van der Waals surface area contributed by atoms with Crippen molar-refractivity contribution in [2.45, 2.75) is 65.6 Å². The van der Waals surface area contributed by atoms with E-state index in [-0.39, 0.29) is 83.5 Å². The molecule has 1 aliphatic carbocycles. The first-order chi connectivity index (χ1) is 30.3. The molecule has 6 rings (SSSR count). The number of hydrogen-bond acceptors (Lipinski definition) is 12. The largest absolute Gasteiger partial charge is 0.491 e. The van der Waals surface area contributed by atoms with Gasteiger partial charge in [0.25, 0.3) is 17.7 Å². The van der Waals surface area contributed by atoms with Crippen molar-refractivity contribution in [2.24, 2.45) is 17.8 Å². The summed E-state index contributed by atoms with van der Waals surface area (Å²) in [6.07, 6.45) is 3.78. The van der Waals surface area contributed by atoms with Gasteiger partial charge in [-0.15, -0.1) is 0 Å². The summed E-state index contributed by atoms with van der Waals surface area (Å²) >= 11 is 0. The van der Waals surface area contributed by atoms with Gasteiger partial charge in [-0.1, -0.05) is 45.9 Å². The quantitative estimate of drug-likeness (QED) is 0.0266. The van der Waals surface area contributed by atoms with Crippen LogP contribution in [0.1, 0.15) is 84.5 Å². The summed E-state index contributed by atoms with van der Waals surface area (Å²) in [5.41, 5.74) is 2.51. The number of nitro groups is 1. The SMILES string of the molecule is CC(C)COc1cc(C(=O)Nc2ccc(C(=O)NC3CCC(C(O)Nc4cnc5ccccc5c4)CC3)cc2OCC(C)C)ccc1NC(=O)c1ccc([N+](=O)[O-])c(OCCO)c1. The van der Waals surface area contributed by atoms with E-state index in [1.54, 1.807) is 24.4 Å². The molecule has 3 amide bonds. The summed E-state index contributed by atoms with van der Waals surface area (Å²) in [5.74, 6) is -0.771. The summed E-state index contributed by atoms with van der Waals surface area (Å²) < 4.78 is 17.4. The fourth-order valence-electron chi connectivity index (χ4n) is 7.04. The molecule has 0 radical (unpaired) electrons. The maximum Gasteiger partial charge on any atom is 0.310 e. The van der Waals surface area contributed by atoms with Crippen LogP contribution in [0.4, 0.5) is 22.7 Å². The molecule has 1 unspecified atom stereocenters. The van der Waals surface area contributed by atoms with Crippen molar-refractivity contribution in [3.63, 3.8) is 0 Å². The number of carbonyl (C=O) groups excluding carboxylic acids is 3. The third-order valence-corrected chi connectivity index (χ3v) is 10.4. The highest BCUT2D eigenvalue weighted by molar-refractivity contribution is 6.08. The Kier molecular flexibility index (Phi) is 15.5. The Morgan fingerprint density at radius 1 is 0.746 bits per heavy atom. The predicted octanol–water partition coefficient (Wildman–Crippen LogP) is 7.81. The van der Waals surface area contributed by atoms with Gasteiger partial charge in [0.15, 0.2) is 5.75 Å². The van der Waals surface area contributed by atoms with Crippen molar-refractivity contribution in [1.29, 1.82) is 0 Å². The molecule has 1 saturated carbocycles. The lowest BCUT2D eigenvalue weighted by atomic mass is 9.84. The molecule has 1 heterocycles. The maximum absolute atomic E-state index is 13.8. The van der Waals surface area contributed by atoms with Gasteiger partial charge in [-0.25, -0.2) is 0 Å². The van der Waals surface area contributed by atoms with Crippen LogP contribution in [0.2, 0.25) is 0 Å². The zero-order valence-electron chi connectivity index (χ0n) is 35.8. The first-order valence-corrected chi connectivity index (χ1v) is 21.1. The summed E-state index contributed by atoms with van der Waals surface area (Å²) in [4.78, 5) is 56.0. The Hall–Kier alpha value is -6.78. The third kappa shape index (κ3) is 12.4. The van der Waals surface area contributed by atoms with E-state index < -0.39 is 23.0 Å². The number of fused-ring (bicyclic) bond motifs is 1. The van der Waals surface area contributed by atoms with E-state index >= 15 is 0 Å². The minimum absolute atomic E-state index is 0.00560. The van der Waals surface area contributed by atoms with Gasteiger partial charge >= 0.3 is 5.69 Å². The van der Waals surface area contributed by atoms with Crippen LogP contribution in [0.25, 0.3) is 10.9 Å². The molecule has 0 spiro atoms. The molecular formula is C47H54N6O10. The number of para-hydroxylation sites is 1. The molecule has 4 aromatic carbocycles. The summed E-state index contributed by atoms with van der Waals surface area (Å²) in [5, 5.41) is 44.6. The number of anilines is 3. The number of nitrogens with zero attached hydrogens (tertiary/aromatic N) is 2. The molecule has 0 aliphatic heterocycles. The van der Waals surface area contributed by atoms with Crippen LogP contribution in [-0.2, 0) is 0 Å². The second kappa shape index (κ2) is 21.3. The average Bonchev–Trinajstić information content (AvgIpc) is 3.27. The van der Waals surface area contributed by atoms with Gasteiger partial charge in [0.2, 0.25) is 0 Å². The molecule has 1 fully saturated rings.